The summed E-state index contributed by atoms with van der Waals surface area (Å²) in [6, 6.07) is 52.7. The Bertz CT molecular complexity index is 2000. The molecular formula is C59H77BrN2O4. The lowest BCUT2D eigenvalue weighted by molar-refractivity contribution is -0.142. The van der Waals surface area contributed by atoms with Crippen LogP contribution in [-0.4, -0.2) is 52.5 Å². The highest BCUT2D eigenvalue weighted by Crippen LogP contribution is 2.27. The summed E-state index contributed by atoms with van der Waals surface area (Å²) in [5.41, 5.74) is 6.82. The first kappa shape index (κ1) is 53.6. The van der Waals surface area contributed by atoms with Crippen molar-refractivity contribution in [3.05, 3.63) is 179 Å². The summed E-state index contributed by atoms with van der Waals surface area (Å²) in [4.78, 5) is 20.5. The van der Waals surface area contributed by atoms with Crippen molar-refractivity contribution in [3.63, 3.8) is 0 Å². The lowest BCUT2D eigenvalue weighted by atomic mass is 9.93. The zero-order valence-electron chi connectivity index (χ0n) is 40.6. The van der Waals surface area contributed by atoms with Gasteiger partial charge in [-0.25, -0.2) is 9.98 Å². The summed E-state index contributed by atoms with van der Waals surface area (Å²) in [6.45, 7) is 11.8. The highest BCUT2D eigenvalue weighted by Gasteiger charge is 2.30. The van der Waals surface area contributed by atoms with E-state index in [1.807, 2.05) is 43.3 Å². The number of carboxylic acid groups (broad SMARTS) is 1. The van der Waals surface area contributed by atoms with Gasteiger partial charge in [-0.3, -0.25) is 4.79 Å². The zero-order chi connectivity index (χ0) is 47.3. The van der Waals surface area contributed by atoms with Crippen molar-refractivity contribution in [1.29, 1.82) is 0 Å². The first-order chi connectivity index (χ1) is 31.9. The van der Waals surface area contributed by atoms with E-state index in [1.165, 1.54) is 53.5 Å². The molecule has 0 bridgehead atoms. The van der Waals surface area contributed by atoms with Crippen molar-refractivity contribution in [2.24, 2.45) is 21.8 Å². The number of hydrogen-bond donors (Lipinski definition) is 1. The second kappa shape index (κ2) is 30.3. The molecule has 0 aliphatic carbocycles. The number of carboxylic acids is 1. The van der Waals surface area contributed by atoms with Crippen molar-refractivity contribution >= 4 is 33.7 Å². The standard InChI is InChI=1S/C24H31NO.C20H24O2.C9H11Br.C6H11NO/c1-24(2)19-26-23(25-24)22(17-9-15-20-11-5-3-6-12-20)18-10-16-21-13-7-4-8-14-21;21-20(22)19(15-7-13-17-9-3-1-4-10-17)16-8-14-18-11-5-2-6-12-18;10-8-4-7-9-5-2-1-3-6-9;1-5-7-6(2,3)4-8-5/h3-8,11-14,22H,9-10,15-19H2,1-2H3;1-6,9-12,19H,7-8,13-16H2,(H,21,22);1-3,5-6H,4,7-8H2;4H2,1-3H3. The minimum Gasteiger partial charge on any atom is -0.481 e. The normalized spacial score (nSPS) is 14.2. The van der Waals surface area contributed by atoms with E-state index in [-0.39, 0.29) is 17.0 Å². The van der Waals surface area contributed by atoms with Crippen LogP contribution in [0.4, 0.5) is 0 Å². The second-order valence-corrected chi connectivity index (χ2v) is 19.6. The van der Waals surface area contributed by atoms with E-state index in [0.29, 0.717) is 5.92 Å². The van der Waals surface area contributed by atoms with Gasteiger partial charge in [0.2, 0.25) is 0 Å². The van der Waals surface area contributed by atoms with E-state index in [2.05, 4.69) is 164 Å². The molecule has 7 rings (SSSR count). The molecule has 0 fully saturated rings. The molecule has 6 nitrogen and oxygen atoms in total. The van der Waals surface area contributed by atoms with Crippen LogP contribution in [0, 0.1) is 11.8 Å². The summed E-state index contributed by atoms with van der Waals surface area (Å²) >= 11 is 3.41. The van der Waals surface area contributed by atoms with Crippen LogP contribution in [0.1, 0.15) is 120 Å². The maximum Gasteiger partial charge on any atom is 0.306 e. The fraction of sp³-hybridized carbons (Fsp3) is 0.441. The minimum absolute atomic E-state index is 0.0318. The molecule has 5 aromatic rings. The predicted octanol–water partition coefficient (Wildman–Crippen LogP) is 14.8. The predicted molar refractivity (Wildman–Crippen MR) is 281 cm³/mol. The van der Waals surface area contributed by atoms with Gasteiger partial charge in [0.05, 0.1) is 17.0 Å². The molecule has 2 heterocycles. The van der Waals surface area contributed by atoms with Crippen LogP contribution in [0.25, 0.3) is 0 Å². The third kappa shape index (κ3) is 22.9. The number of aliphatic imine (C=N–C) groups is 2. The molecule has 5 aromatic carbocycles. The summed E-state index contributed by atoms with van der Waals surface area (Å²) in [7, 11) is 0. The fourth-order valence-corrected chi connectivity index (χ4v) is 8.36. The molecule has 66 heavy (non-hydrogen) atoms. The number of halogens is 1. The number of hydrogen-bond acceptors (Lipinski definition) is 5. The van der Waals surface area contributed by atoms with E-state index in [1.54, 1.807) is 0 Å². The van der Waals surface area contributed by atoms with Gasteiger partial charge in [0.15, 0.2) is 11.8 Å². The number of ether oxygens (including phenoxy) is 2. The van der Waals surface area contributed by atoms with E-state index >= 15 is 0 Å². The molecule has 7 heteroatoms. The van der Waals surface area contributed by atoms with Gasteiger partial charge in [-0.2, -0.15) is 0 Å². The van der Waals surface area contributed by atoms with E-state index < -0.39 is 5.97 Å². The lowest BCUT2D eigenvalue weighted by Gasteiger charge is -2.16. The molecule has 0 aromatic heterocycles. The molecular weight excluding hydrogens is 881 g/mol. The lowest BCUT2D eigenvalue weighted by Crippen LogP contribution is -2.17. The van der Waals surface area contributed by atoms with Gasteiger partial charge < -0.3 is 14.6 Å². The molecule has 0 amide bonds. The van der Waals surface area contributed by atoms with Gasteiger partial charge in [-0.05, 0) is 145 Å². The maximum atomic E-state index is 11.4. The topological polar surface area (TPSA) is 80.5 Å². The number of aryl methyl sites for hydroxylation is 5. The molecule has 354 valence electrons. The number of benzene rings is 5. The highest BCUT2D eigenvalue weighted by molar-refractivity contribution is 9.09. The maximum absolute atomic E-state index is 11.4. The third-order valence-electron chi connectivity index (χ3n) is 11.7. The minimum atomic E-state index is -0.652. The molecule has 1 N–H and O–H groups in total. The van der Waals surface area contributed by atoms with Crippen molar-refractivity contribution < 1.29 is 19.4 Å². The SMILES string of the molecule is BrCCCc1ccccc1.CC1(C)COC(C(CCCc2ccccc2)CCCc2ccccc2)=N1.CC1=NC(C)(C)CO1.O=C(O)C(CCCc1ccccc1)CCCc1ccccc1. The average molecular weight is 958 g/mol. The van der Waals surface area contributed by atoms with Crippen LogP contribution >= 0.6 is 15.9 Å². The third-order valence-corrected chi connectivity index (χ3v) is 12.2. The Labute approximate surface area is 406 Å². The quantitative estimate of drug-likeness (QED) is 0.0743. The molecule has 0 spiro atoms. The summed E-state index contributed by atoms with van der Waals surface area (Å²) in [5.74, 6) is 1.39. The first-order valence-corrected chi connectivity index (χ1v) is 25.4. The van der Waals surface area contributed by atoms with Crippen molar-refractivity contribution in [2.45, 2.75) is 136 Å². The summed E-state index contributed by atoms with van der Waals surface area (Å²) in [6.07, 6.45) is 14.7. The second-order valence-electron chi connectivity index (χ2n) is 18.8. The monoisotopic (exact) mass is 957 g/mol. The van der Waals surface area contributed by atoms with Gasteiger partial charge in [-0.15, -0.1) is 0 Å². The number of carbonyl (C=O) groups is 1. The first-order valence-electron chi connectivity index (χ1n) is 24.3. The average Bonchev–Trinajstić information content (AvgIpc) is 3.87. The van der Waals surface area contributed by atoms with E-state index in [9.17, 15) is 9.90 Å². The Morgan fingerprint density at radius 1 is 0.515 bits per heavy atom. The number of aliphatic carboxylic acids is 1. The van der Waals surface area contributed by atoms with Crippen LogP contribution in [-0.2, 0) is 46.4 Å². The fourth-order valence-electron chi connectivity index (χ4n) is 8.08. The molecule has 2 aliphatic rings. The molecule has 0 unspecified atom stereocenters. The van der Waals surface area contributed by atoms with Crippen molar-refractivity contribution in [1.82, 2.24) is 0 Å². The van der Waals surface area contributed by atoms with E-state index in [4.69, 9.17) is 14.5 Å². The van der Waals surface area contributed by atoms with Crippen LogP contribution < -0.4 is 0 Å². The molecule has 2 aliphatic heterocycles. The van der Waals surface area contributed by atoms with Crippen LogP contribution in [0.5, 0.6) is 0 Å². The summed E-state index contributed by atoms with van der Waals surface area (Å²) < 4.78 is 11.1. The number of nitrogens with zero attached hydrogens (tertiary/aromatic N) is 2. The summed E-state index contributed by atoms with van der Waals surface area (Å²) in [5, 5.41) is 10.5. The smallest absolute Gasteiger partial charge is 0.306 e. The highest BCUT2D eigenvalue weighted by atomic mass is 79.9. The van der Waals surface area contributed by atoms with Gasteiger partial charge in [0, 0.05) is 18.2 Å². The molecule has 0 saturated carbocycles. The number of rotatable bonds is 21. The Morgan fingerprint density at radius 3 is 1.09 bits per heavy atom. The Balaban J connectivity index is 0.000000212. The molecule has 0 saturated heterocycles. The van der Waals surface area contributed by atoms with Gasteiger partial charge in [0.25, 0.3) is 0 Å². The van der Waals surface area contributed by atoms with Gasteiger partial charge in [-0.1, -0.05) is 168 Å². The van der Waals surface area contributed by atoms with Crippen molar-refractivity contribution in [2.75, 3.05) is 18.5 Å². The van der Waals surface area contributed by atoms with Crippen LogP contribution in [0.15, 0.2) is 162 Å². The Morgan fingerprint density at radius 2 is 0.833 bits per heavy atom. The Hall–Kier alpha value is -5.01. The number of alkyl halides is 1. The van der Waals surface area contributed by atoms with Gasteiger partial charge in [0.1, 0.15) is 13.2 Å². The van der Waals surface area contributed by atoms with Crippen molar-refractivity contribution in [3.8, 4) is 0 Å². The largest absolute Gasteiger partial charge is 0.481 e. The van der Waals surface area contributed by atoms with E-state index in [0.717, 1.165) is 94.5 Å². The molecule has 0 atom stereocenters. The molecule has 0 radical (unpaired) electrons. The Kier molecular flexibility index (Phi) is 24.6. The van der Waals surface area contributed by atoms with Gasteiger partial charge >= 0.3 is 5.97 Å². The van der Waals surface area contributed by atoms with Crippen LogP contribution in [0.2, 0.25) is 0 Å². The van der Waals surface area contributed by atoms with Crippen LogP contribution in [0.3, 0.4) is 0 Å². The zero-order valence-corrected chi connectivity index (χ0v) is 42.1.